The third kappa shape index (κ3) is 3.50. The van der Waals surface area contributed by atoms with E-state index in [2.05, 4.69) is 10.4 Å². The molecule has 2 aromatic rings. The smallest absolute Gasteiger partial charge is 0.333 e. The Bertz CT molecular complexity index is 722. The first-order valence-corrected chi connectivity index (χ1v) is 7.24. The Morgan fingerprint density at radius 2 is 2.04 bits per heavy atom. The minimum atomic E-state index is -0.967. The van der Waals surface area contributed by atoms with Gasteiger partial charge in [-0.25, -0.2) is 4.79 Å². The number of anilines is 2. The molecule has 1 amide bonds. The summed E-state index contributed by atoms with van der Waals surface area (Å²) in [6, 6.07) is 6.78. The van der Waals surface area contributed by atoms with Crippen molar-refractivity contribution >= 4 is 23.3 Å². The Morgan fingerprint density at radius 3 is 2.70 bits per heavy atom. The van der Waals surface area contributed by atoms with Gasteiger partial charge in [-0.15, -0.1) is 0 Å². The molecule has 1 aromatic carbocycles. The molecule has 0 saturated heterocycles. The maximum absolute atomic E-state index is 12.2. The number of amides is 1. The Morgan fingerprint density at radius 1 is 1.35 bits per heavy atom. The van der Waals surface area contributed by atoms with Crippen LogP contribution in [0.1, 0.15) is 31.1 Å². The highest BCUT2D eigenvalue weighted by atomic mass is 16.5. The molecule has 7 heteroatoms. The highest BCUT2D eigenvalue weighted by Crippen LogP contribution is 2.20. The Kier molecular flexibility index (Phi) is 4.68. The number of esters is 1. The summed E-state index contributed by atoms with van der Waals surface area (Å²) in [6.07, 6.45) is 3.05. The van der Waals surface area contributed by atoms with Gasteiger partial charge in [-0.1, -0.05) is 12.1 Å². The number of para-hydroxylation sites is 1. The second kappa shape index (κ2) is 6.51. The van der Waals surface area contributed by atoms with Crippen LogP contribution in [0.4, 0.5) is 11.4 Å². The van der Waals surface area contributed by atoms with Crippen LogP contribution < -0.4 is 11.1 Å². The quantitative estimate of drug-likeness (QED) is 0.649. The van der Waals surface area contributed by atoms with E-state index in [0.717, 1.165) is 0 Å². The molecule has 1 heterocycles. The molecule has 0 aliphatic carbocycles. The molecule has 0 unspecified atom stereocenters. The number of rotatable bonds is 5. The lowest BCUT2D eigenvalue weighted by Crippen LogP contribution is -2.37. The van der Waals surface area contributed by atoms with Gasteiger partial charge in [0.05, 0.1) is 24.1 Å². The topological polar surface area (TPSA) is 99.2 Å². The summed E-state index contributed by atoms with van der Waals surface area (Å²) in [7, 11) is 0. The predicted octanol–water partition coefficient (Wildman–Crippen LogP) is 2.02. The fraction of sp³-hybridized carbons (Fsp3) is 0.312. The van der Waals surface area contributed by atoms with E-state index in [1.807, 2.05) is 0 Å². The summed E-state index contributed by atoms with van der Waals surface area (Å²) in [5.41, 5.74) is 6.05. The third-order valence-corrected chi connectivity index (χ3v) is 3.39. The number of benzene rings is 1. The average Bonchev–Trinajstić information content (AvgIpc) is 2.97. The molecule has 122 valence electrons. The van der Waals surface area contributed by atoms with Gasteiger partial charge in [0.1, 0.15) is 0 Å². The number of hydrogen-bond acceptors (Lipinski definition) is 5. The lowest BCUT2D eigenvalue weighted by Gasteiger charge is -2.22. The number of ether oxygens (including phenoxy) is 1. The monoisotopic (exact) mass is 316 g/mol. The van der Waals surface area contributed by atoms with E-state index in [-0.39, 0.29) is 5.91 Å². The minimum absolute atomic E-state index is 0.292. The summed E-state index contributed by atoms with van der Waals surface area (Å²) in [5.74, 6) is -0.732. The molecule has 7 nitrogen and oxygen atoms in total. The van der Waals surface area contributed by atoms with E-state index >= 15 is 0 Å². The van der Waals surface area contributed by atoms with Crippen molar-refractivity contribution < 1.29 is 14.3 Å². The van der Waals surface area contributed by atoms with Gasteiger partial charge < -0.3 is 15.8 Å². The molecule has 1 aromatic heterocycles. The van der Waals surface area contributed by atoms with Gasteiger partial charge >= 0.3 is 5.97 Å². The molecular weight excluding hydrogens is 296 g/mol. The standard InChI is InChI=1S/C16H20N4O3/c1-4-23-15(22)16(2,3)20-10-11(9-18-20)19-14(21)12-7-5-6-8-13(12)17/h5-10H,4,17H2,1-3H3,(H,19,21). The van der Waals surface area contributed by atoms with E-state index in [0.29, 0.717) is 23.5 Å². The fourth-order valence-corrected chi connectivity index (χ4v) is 2.00. The number of carbonyl (C=O) groups excluding carboxylic acids is 2. The summed E-state index contributed by atoms with van der Waals surface area (Å²) in [6.45, 7) is 5.42. The van der Waals surface area contributed by atoms with Crippen LogP contribution in [0.5, 0.6) is 0 Å². The van der Waals surface area contributed by atoms with Crippen molar-refractivity contribution in [1.29, 1.82) is 0 Å². The Labute approximate surface area is 134 Å². The molecular formula is C16H20N4O3. The maximum atomic E-state index is 12.2. The highest BCUT2D eigenvalue weighted by Gasteiger charge is 2.32. The van der Waals surface area contributed by atoms with Gasteiger partial charge in [-0.2, -0.15) is 5.10 Å². The molecule has 23 heavy (non-hydrogen) atoms. The molecule has 0 spiro atoms. The van der Waals surface area contributed by atoms with Gasteiger partial charge in [0, 0.05) is 11.9 Å². The zero-order valence-electron chi connectivity index (χ0n) is 13.4. The van der Waals surface area contributed by atoms with Crippen LogP contribution in [-0.4, -0.2) is 28.3 Å². The number of nitrogens with one attached hydrogen (secondary N) is 1. The van der Waals surface area contributed by atoms with Crippen LogP contribution in [0.2, 0.25) is 0 Å². The normalized spacial score (nSPS) is 11.1. The molecule has 0 aliphatic heterocycles. The summed E-state index contributed by atoms with van der Waals surface area (Å²) < 4.78 is 6.49. The van der Waals surface area contributed by atoms with Crippen LogP contribution in [0.3, 0.4) is 0 Å². The van der Waals surface area contributed by atoms with Crippen molar-refractivity contribution in [3.8, 4) is 0 Å². The first-order valence-electron chi connectivity index (χ1n) is 7.24. The molecule has 2 rings (SSSR count). The molecule has 0 aliphatic rings. The van der Waals surface area contributed by atoms with E-state index in [1.165, 1.54) is 10.9 Å². The fourth-order valence-electron chi connectivity index (χ4n) is 2.00. The van der Waals surface area contributed by atoms with Crippen LogP contribution >= 0.6 is 0 Å². The average molecular weight is 316 g/mol. The molecule has 0 radical (unpaired) electrons. The largest absolute Gasteiger partial charge is 0.464 e. The van der Waals surface area contributed by atoms with Gasteiger partial charge in [-0.3, -0.25) is 9.48 Å². The van der Waals surface area contributed by atoms with Crippen molar-refractivity contribution in [1.82, 2.24) is 9.78 Å². The molecule has 3 N–H and O–H groups in total. The number of nitrogens with two attached hydrogens (primary N) is 1. The van der Waals surface area contributed by atoms with Crippen LogP contribution in [0.15, 0.2) is 36.7 Å². The van der Waals surface area contributed by atoms with Crippen molar-refractivity contribution in [2.45, 2.75) is 26.3 Å². The first kappa shape index (κ1) is 16.5. The van der Waals surface area contributed by atoms with E-state index < -0.39 is 11.5 Å². The van der Waals surface area contributed by atoms with Gasteiger partial charge in [0.2, 0.25) is 0 Å². The minimum Gasteiger partial charge on any atom is -0.464 e. The lowest BCUT2D eigenvalue weighted by molar-refractivity contribution is -0.152. The maximum Gasteiger partial charge on any atom is 0.333 e. The summed E-state index contributed by atoms with van der Waals surface area (Å²) in [4.78, 5) is 24.2. The Hall–Kier alpha value is -2.83. The van der Waals surface area contributed by atoms with E-state index in [9.17, 15) is 9.59 Å². The number of carbonyl (C=O) groups is 2. The van der Waals surface area contributed by atoms with Crippen LogP contribution in [-0.2, 0) is 15.1 Å². The van der Waals surface area contributed by atoms with Gasteiger partial charge in [-0.05, 0) is 32.9 Å². The van der Waals surface area contributed by atoms with E-state index in [1.54, 1.807) is 51.2 Å². The lowest BCUT2D eigenvalue weighted by atomic mass is 10.1. The van der Waals surface area contributed by atoms with E-state index in [4.69, 9.17) is 10.5 Å². The molecule has 0 saturated carbocycles. The second-order valence-electron chi connectivity index (χ2n) is 5.49. The molecule has 0 fully saturated rings. The SMILES string of the molecule is CCOC(=O)C(C)(C)n1cc(NC(=O)c2ccccc2N)cn1. The zero-order chi connectivity index (χ0) is 17.0. The van der Waals surface area contributed by atoms with Crippen molar-refractivity contribution in [2.75, 3.05) is 17.7 Å². The van der Waals surface area contributed by atoms with Crippen LogP contribution in [0, 0.1) is 0 Å². The second-order valence-corrected chi connectivity index (χ2v) is 5.49. The van der Waals surface area contributed by atoms with Gasteiger partial charge in [0.15, 0.2) is 5.54 Å². The number of aromatic nitrogens is 2. The summed E-state index contributed by atoms with van der Waals surface area (Å²) >= 11 is 0. The summed E-state index contributed by atoms with van der Waals surface area (Å²) in [5, 5.41) is 6.84. The molecule has 0 atom stereocenters. The number of hydrogen-bond donors (Lipinski definition) is 2. The van der Waals surface area contributed by atoms with Crippen LogP contribution in [0.25, 0.3) is 0 Å². The highest BCUT2D eigenvalue weighted by molar-refractivity contribution is 6.07. The van der Waals surface area contributed by atoms with Gasteiger partial charge in [0.25, 0.3) is 5.91 Å². The van der Waals surface area contributed by atoms with Crippen molar-refractivity contribution in [3.63, 3.8) is 0 Å². The predicted molar refractivity (Wildman–Crippen MR) is 87.0 cm³/mol. The number of nitrogen functional groups attached to an aromatic ring is 1. The van der Waals surface area contributed by atoms with Crippen molar-refractivity contribution in [2.24, 2.45) is 0 Å². The zero-order valence-corrected chi connectivity index (χ0v) is 13.4. The third-order valence-electron chi connectivity index (χ3n) is 3.39. The van der Waals surface area contributed by atoms with Crippen molar-refractivity contribution in [3.05, 3.63) is 42.2 Å². The molecule has 0 bridgehead atoms. The number of nitrogens with zero attached hydrogens (tertiary/aromatic N) is 2. The Balaban J connectivity index is 2.15. The first-order chi connectivity index (χ1) is 10.9.